The molecule has 1 heterocycles. The number of aryl methyl sites for hydroxylation is 2. The van der Waals surface area contributed by atoms with Crippen LogP contribution < -0.4 is 10.1 Å². The van der Waals surface area contributed by atoms with Gasteiger partial charge in [0.25, 0.3) is 0 Å². The molecule has 0 bridgehead atoms. The summed E-state index contributed by atoms with van der Waals surface area (Å²) in [5.74, 6) is 1.55. The maximum absolute atomic E-state index is 5.93. The highest BCUT2D eigenvalue weighted by Gasteiger charge is 2.33. The van der Waals surface area contributed by atoms with Crippen molar-refractivity contribution in [3.05, 3.63) is 28.8 Å². The van der Waals surface area contributed by atoms with Gasteiger partial charge in [0.2, 0.25) is 0 Å². The molecule has 2 rings (SSSR count). The standard InChI is InChI=1S/C16H25NO2/c1-10-6-7-19-16(10)15(17-4)13-8-12(3)14(18-5)9-11(13)2/h8-10,15-17H,6-7H2,1-5H3. The molecule has 1 aliphatic heterocycles. The lowest BCUT2D eigenvalue weighted by Crippen LogP contribution is -2.33. The molecule has 1 aliphatic rings. The molecule has 0 aliphatic carbocycles. The van der Waals surface area contributed by atoms with E-state index in [1.807, 2.05) is 7.05 Å². The number of benzene rings is 1. The summed E-state index contributed by atoms with van der Waals surface area (Å²) in [5.41, 5.74) is 3.75. The summed E-state index contributed by atoms with van der Waals surface area (Å²) < 4.78 is 11.3. The number of likely N-dealkylation sites (N-methyl/N-ethyl adjacent to an activating group) is 1. The zero-order valence-corrected chi connectivity index (χ0v) is 12.6. The van der Waals surface area contributed by atoms with Crippen molar-refractivity contribution in [3.8, 4) is 5.75 Å². The van der Waals surface area contributed by atoms with Crippen LogP contribution in [-0.2, 0) is 4.74 Å². The maximum atomic E-state index is 5.93. The van der Waals surface area contributed by atoms with E-state index in [0.29, 0.717) is 5.92 Å². The Bertz CT molecular complexity index is 445. The van der Waals surface area contributed by atoms with Crippen LogP contribution in [0.1, 0.15) is 36.1 Å². The van der Waals surface area contributed by atoms with Crippen LogP contribution >= 0.6 is 0 Å². The van der Waals surface area contributed by atoms with Crippen LogP contribution in [0.5, 0.6) is 5.75 Å². The summed E-state index contributed by atoms with van der Waals surface area (Å²) in [6.45, 7) is 7.38. The third-order valence-electron chi connectivity index (χ3n) is 4.20. The minimum atomic E-state index is 0.252. The van der Waals surface area contributed by atoms with Gasteiger partial charge in [-0.1, -0.05) is 13.0 Å². The Morgan fingerprint density at radius 1 is 1.32 bits per heavy atom. The molecule has 3 heteroatoms. The van der Waals surface area contributed by atoms with Crippen LogP contribution in [0, 0.1) is 19.8 Å². The predicted molar refractivity (Wildman–Crippen MR) is 77.8 cm³/mol. The molecular weight excluding hydrogens is 238 g/mol. The minimum Gasteiger partial charge on any atom is -0.496 e. The SMILES string of the molecule is CNC(c1cc(C)c(OC)cc1C)C1OCCC1C. The first-order valence-corrected chi connectivity index (χ1v) is 7.02. The Morgan fingerprint density at radius 3 is 2.58 bits per heavy atom. The first-order valence-electron chi connectivity index (χ1n) is 7.02. The Kier molecular flexibility index (Phi) is 4.48. The highest BCUT2D eigenvalue weighted by Crippen LogP contribution is 2.34. The molecule has 0 aromatic heterocycles. The average Bonchev–Trinajstić information content (AvgIpc) is 2.80. The fraction of sp³-hybridized carbons (Fsp3) is 0.625. The lowest BCUT2D eigenvalue weighted by Gasteiger charge is -2.28. The molecule has 1 aromatic carbocycles. The number of ether oxygens (including phenoxy) is 2. The van der Waals surface area contributed by atoms with E-state index in [-0.39, 0.29) is 12.1 Å². The van der Waals surface area contributed by atoms with Crippen LogP contribution in [0.25, 0.3) is 0 Å². The van der Waals surface area contributed by atoms with Gasteiger partial charge >= 0.3 is 0 Å². The van der Waals surface area contributed by atoms with Crippen molar-refractivity contribution in [1.82, 2.24) is 5.32 Å². The molecule has 3 atom stereocenters. The zero-order valence-electron chi connectivity index (χ0n) is 12.6. The highest BCUT2D eigenvalue weighted by molar-refractivity contribution is 5.43. The van der Waals surface area contributed by atoms with Crippen molar-refractivity contribution in [2.75, 3.05) is 20.8 Å². The van der Waals surface area contributed by atoms with E-state index in [0.717, 1.165) is 18.8 Å². The number of hydrogen-bond acceptors (Lipinski definition) is 3. The third kappa shape index (κ3) is 2.77. The van der Waals surface area contributed by atoms with Gasteiger partial charge in [0.15, 0.2) is 0 Å². The molecule has 1 saturated heterocycles. The molecule has 106 valence electrons. The van der Waals surface area contributed by atoms with Gasteiger partial charge in [0.1, 0.15) is 5.75 Å². The van der Waals surface area contributed by atoms with E-state index >= 15 is 0 Å². The number of nitrogens with one attached hydrogen (secondary N) is 1. The van der Waals surface area contributed by atoms with Gasteiger partial charge in [-0.15, -0.1) is 0 Å². The fourth-order valence-corrected chi connectivity index (χ4v) is 3.01. The summed E-state index contributed by atoms with van der Waals surface area (Å²) in [6.07, 6.45) is 1.41. The first-order chi connectivity index (χ1) is 9.08. The zero-order chi connectivity index (χ0) is 14.0. The summed E-state index contributed by atoms with van der Waals surface area (Å²) in [6, 6.07) is 4.60. The normalized spacial score (nSPS) is 24.5. The molecule has 0 radical (unpaired) electrons. The van der Waals surface area contributed by atoms with Gasteiger partial charge in [-0.2, -0.15) is 0 Å². The Balaban J connectivity index is 2.35. The van der Waals surface area contributed by atoms with E-state index < -0.39 is 0 Å². The fourth-order valence-electron chi connectivity index (χ4n) is 3.01. The minimum absolute atomic E-state index is 0.252. The number of methoxy groups -OCH3 is 1. The molecule has 19 heavy (non-hydrogen) atoms. The molecule has 3 nitrogen and oxygen atoms in total. The van der Waals surface area contributed by atoms with Crippen molar-refractivity contribution in [2.45, 2.75) is 39.3 Å². The Hall–Kier alpha value is -1.06. The largest absolute Gasteiger partial charge is 0.496 e. The summed E-state index contributed by atoms with van der Waals surface area (Å²) in [5, 5.41) is 3.43. The van der Waals surface area contributed by atoms with E-state index in [9.17, 15) is 0 Å². The van der Waals surface area contributed by atoms with Gasteiger partial charge in [-0.25, -0.2) is 0 Å². The molecule has 0 spiro atoms. The predicted octanol–water partition coefficient (Wildman–Crippen LogP) is 3.00. The highest BCUT2D eigenvalue weighted by atomic mass is 16.5. The summed E-state index contributed by atoms with van der Waals surface area (Å²) in [7, 11) is 3.73. The average molecular weight is 263 g/mol. The lowest BCUT2D eigenvalue weighted by atomic mass is 9.89. The smallest absolute Gasteiger partial charge is 0.122 e. The van der Waals surface area contributed by atoms with Crippen LogP contribution in [-0.4, -0.2) is 26.9 Å². The van der Waals surface area contributed by atoms with E-state index in [2.05, 4.69) is 38.2 Å². The second-order valence-corrected chi connectivity index (χ2v) is 5.55. The lowest BCUT2D eigenvalue weighted by molar-refractivity contribution is 0.0629. The molecule has 0 amide bonds. The van der Waals surface area contributed by atoms with E-state index in [4.69, 9.17) is 9.47 Å². The molecule has 1 aromatic rings. The quantitative estimate of drug-likeness (QED) is 0.906. The summed E-state index contributed by atoms with van der Waals surface area (Å²) >= 11 is 0. The molecule has 0 saturated carbocycles. The van der Waals surface area contributed by atoms with E-state index in [1.54, 1.807) is 7.11 Å². The van der Waals surface area contributed by atoms with Crippen molar-refractivity contribution in [2.24, 2.45) is 5.92 Å². The summed E-state index contributed by atoms with van der Waals surface area (Å²) in [4.78, 5) is 0. The molecule has 1 N–H and O–H groups in total. The van der Waals surface area contributed by atoms with Crippen molar-refractivity contribution in [3.63, 3.8) is 0 Å². The second kappa shape index (κ2) is 5.93. The van der Waals surface area contributed by atoms with Gasteiger partial charge in [-0.3, -0.25) is 0 Å². The van der Waals surface area contributed by atoms with Gasteiger partial charge in [0, 0.05) is 6.61 Å². The van der Waals surface area contributed by atoms with E-state index in [1.165, 1.54) is 16.7 Å². The van der Waals surface area contributed by atoms with Crippen LogP contribution in [0.15, 0.2) is 12.1 Å². The van der Waals surface area contributed by atoms with Crippen molar-refractivity contribution >= 4 is 0 Å². The van der Waals surface area contributed by atoms with Gasteiger partial charge < -0.3 is 14.8 Å². The van der Waals surface area contributed by atoms with Crippen LogP contribution in [0.4, 0.5) is 0 Å². The number of rotatable bonds is 4. The molecule has 3 unspecified atom stereocenters. The Morgan fingerprint density at radius 2 is 2.05 bits per heavy atom. The van der Waals surface area contributed by atoms with Crippen LogP contribution in [0.3, 0.4) is 0 Å². The number of hydrogen-bond donors (Lipinski definition) is 1. The second-order valence-electron chi connectivity index (χ2n) is 5.55. The topological polar surface area (TPSA) is 30.5 Å². The third-order valence-corrected chi connectivity index (χ3v) is 4.20. The van der Waals surface area contributed by atoms with Crippen molar-refractivity contribution in [1.29, 1.82) is 0 Å². The van der Waals surface area contributed by atoms with Gasteiger partial charge in [0.05, 0.1) is 19.3 Å². The molecular formula is C16H25NO2. The van der Waals surface area contributed by atoms with Crippen molar-refractivity contribution < 1.29 is 9.47 Å². The first kappa shape index (κ1) is 14.4. The Labute approximate surface area is 116 Å². The molecule has 1 fully saturated rings. The maximum Gasteiger partial charge on any atom is 0.122 e. The van der Waals surface area contributed by atoms with Crippen LogP contribution in [0.2, 0.25) is 0 Å². The van der Waals surface area contributed by atoms with Gasteiger partial charge in [-0.05, 0) is 56.0 Å². The monoisotopic (exact) mass is 263 g/mol.